The van der Waals surface area contributed by atoms with Gasteiger partial charge in [-0.1, -0.05) is 36.4 Å². The summed E-state index contributed by atoms with van der Waals surface area (Å²) in [5.74, 6) is -1.00. The number of aliphatic hydroxyl groups is 1. The average molecular weight is 439 g/mol. The van der Waals surface area contributed by atoms with Crippen LogP contribution in [-0.2, 0) is 16.1 Å². The summed E-state index contributed by atoms with van der Waals surface area (Å²) < 4.78 is 5.29. The monoisotopic (exact) mass is 439 g/mol. The van der Waals surface area contributed by atoms with Crippen molar-refractivity contribution in [3.8, 4) is 5.75 Å². The number of methoxy groups -OCH3 is 1. The van der Waals surface area contributed by atoms with Crippen molar-refractivity contribution in [1.29, 1.82) is 0 Å². The number of hydrogen-bond acceptors (Lipinski definition) is 5. The number of para-hydroxylation sites is 1. The Hall–Kier alpha value is -4.39. The zero-order valence-electron chi connectivity index (χ0n) is 17.9. The van der Waals surface area contributed by atoms with Crippen LogP contribution in [0, 0.1) is 0 Å². The molecule has 4 aromatic rings. The smallest absolute Gasteiger partial charge is 0.296 e. The van der Waals surface area contributed by atoms with Gasteiger partial charge in [-0.05, 0) is 35.9 Å². The molecule has 2 aromatic heterocycles. The Bertz CT molecular complexity index is 1390. The van der Waals surface area contributed by atoms with Crippen molar-refractivity contribution in [2.24, 2.45) is 0 Å². The van der Waals surface area contributed by atoms with Crippen LogP contribution >= 0.6 is 0 Å². The maximum atomic E-state index is 13.2. The lowest BCUT2D eigenvalue weighted by atomic mass is 9.98. The molecule has 1 fully saturated rings. The number of Topliss-reactive ketones (excluding diaryl/α,β-unsaturated/α-hetero) is 1. The molecule has 0 saturated carbocycles. The zero-order valence-corrected chi connectivity index (χ0v) is 17.9. The fourth-order valence-corrected chi connectivity index (χ4v) is 4.27. The van der Waals surface area contributed by atoms with Gasteiger partial charge >= 0.3 is 0 Å². The van der Waals surface area contributed by atoms with Gasteiger partial charge in [0.05, 0.1) is 18.4 Å². The SMILES string of the molecule is COc1cccc(CN2C(=O)C(=O)/C(=C(\O)c3c[nH]c4ccccc34)C2c2ccccn2)c1. The second-order valence-electron chi connectivity index (χ2n) is 7.78. The normalized spacial score (nSPS) is 17.6. The molecule has 5 rings (SSSR count). The maximum absolute atomic E-state index is 13.2. The number of carbonyl (C=O) groups is 2. The number of ketones is 1. The van der Waals surface area contributed by atoms with Crippen molar-refractivity contribution < 1.29 is 19.4 Å². The number of hydrogen-bond donors (Lipinski definition) is 2. The van der Waals surface area contributed by atoms with Crippen LogP contribution in [0.2, 0.25) is 0 Å². The van der Waals surface area contributed by atoms with Crippen LogP contribution in [0.25, 0.3) is 16.7 Å². The molecule has 0 bridgehead atoms. The minimum absolute atomic E-state index is 0.0198. The van der Waals surface area contributed by atoms with Gasteiger partial charge in [0.1, 0.15) is 17.6 Å². The molecule has 1 saturated heterocycles. The summed E-state index contributed by atoms with van der Waals surface area (Å²) in [5, 5.41) is 12.1. The van der Waals surface area contributed by atoms with E-state index in [1.165, 1.54) is 4.90 Å². The highest BCUT2D eigenvalue weighted by atomic mass is 16.5. The van der Waals surface area contributed by atoms with E-state index in [9.17, 15) is 14.7 Å². The molecule has 1 amide bonds. The zero-order chi connectivity index (χ0) is 22.9. The number of fused-ring (bicyclic) bond motifs is 1. The van der Waals surface area contributed by atoms with Crippen LogP contribution in [0.1, 0.15) is 22.9 Å². The van der Waals surface area contributed by atoms with Gasteiger partial charge in [0.2, 0.25) is 0 Å². The molecule has 3 heterocycles. The number of nitrogens with zero attached hydrogens (tertiary/aromatic N) is 2. The molecule has 1 atom stereocenters. The topological polar surface area (TPSA) is 95.5 Å². The van der Waals surface area contributed by atoms with Gasteiger partial charge in [-0.25, -0.2) is 0 Å². The van der Waals surface area contributed by atoms with E-state index in [0.717, 1.165) is 16.5 Å². The summed E-state index contributed by atoms with van der Waals surface area (Å²) in [4.78, 5) is 35.3. The molecule has 2 N–H and O–H groups in total. The summed E-state index contributed by atoms with van der Waals surface area (Å²) in [6.07, 6.45) is 3.25. The van der Waals surface area contributed by atoms with Crippen molar-refractivity contribution >= 4 is 28.4 Å². The highest BCUT2D eigenvalue weighted by Crippen LogP contribution is 2.40. The Kier molecular flexibility index (Phi) is 5.14. The molecule has 0 radical (unpaired) electrons. The second kappa shape index (κ2) is 8.27. The lowest BCUT2D eigenvalue weighted by Gasteiger charge is -2.24. The Morgan fingerprint density at radius 1 is 1.09 bits per heavy atom. The quantitative estimate of drug-likeness (QED) is 0.276. The van der Waals surface area contributed by atoms with Crippen LogP contribution < -0.4 is 4.74 Å². The first-order valence-corrected chi connectivity index (χ1v) is 10.5. The minimum atomic E-state index is -0.828. The summed E-state index contributed by atoms with van der Waals surface area (Å²) in [7, 11) is 1.57. The van der Waals surface area contributed by atoms with Crippen molar-refractivity contribution in [3.63, 3.8) is 0 Å². The molecule has 0 aliphatic carbocycles. The third-order valence-corrected chi connectivity index (χ3v) is 5.84. The van der Waals surface area contributed by atoms with E-state index in [2.05, 4.69) is 9.97 Å². The summed E-state index contributed by atoms with van der Waals surface area (Å²) in [6, 6.07) is 19.2. The molecular formula is C26H21N3O4. The largest absolute Gasteiger partial charge is 0.507 e. The van der Waals surface area contributed by atoms with E-state index >= 15 is 0 Å². The number of aromatic nitrogens is 2. The van der Waals surface area contributed by atoms with Gasteiger partial charge in [-0.15, -0.1) is 0 Å². The third-order valence-electron chi connectivity index (χ3n) is 5.84. The Morgan fingerprint density at radius 3 is 2.70 bits per heavy atom. The standard InChI is InChI=1S/C26H21N3O4/c1-33-17-8-6-7-16(13-17)15-29-23(21-11-4-5-12-27-21)22(25(31)26(29)32)24(30)19-14-28-20-10-3-2-9-18(19)20/h2-14,23,28,30H,15H2,1H3/b24-22-. The molecule has 7 nitrogen and oxygen atoms in total. The van der Waals surface area contributed by atoms with Crippen molar-refractivity contribution in [2.45, 2.75) is 12.6 Å². The molecule has 33 heavy (non-hydrogen) atoms. The van der Waals surface area contributed by atoms with Gasteiger partial charge in [-0.3, -0.25) is 14.6 Å². The highest BCUT2D eigenvalue weighted by molar-refractivity contribution is 6.46. The van der Waals surface area contributed by atoms with E-state index in [1.54, 1.807) is 37.7 Å². The van der Waals surface area contributed by atoms with Gasteiger partial charge in [-0.2, -0.15) is 0 Å². The number of benzene rings is 2. The lowest BCUT2D eigenvalue weighted by Crippen LogP contribution is -2.29. The summed E-state index contributed by atoms with van der Waals surface area (Å²) in [6.45, 7) is 0.160. The number of nitrogens with one attached hydrogen (secondary N) is 1. The molecule has 164 valence electrons. The lowest BCUT2D eigenvalue weighted by molar-refractivity contribution is -0.140. The first-order valence-electron chi connectivity index (χ1n) is 10.5. The van der Waals surface area contributed by atoms with Crippen LogP contribution in [-0.4, -0.2) is 38.8 Å². The van der Waals surface area contributed by atoms with Crippen molar-refractivity contribution in [1.82, 2.24) is 14.9 Å². The van der Waals surface area contributed by atoms with Crippen LogP contribution in [0.4, 0.5) is 0 Å². The second-order valence-corrected chi connectivity index (χ2v) is 7.78. The van der Waals surface area contributed by atoms with E-state index < -0.39 is 17.7 Å². The molecule has 0 spiro atoms. The highest BCUT2D eigenvalue weighted by Gasteiger charge is 2.46. The molecule has 1 unspecified atom stereocenters. The van der Waals surface area contributed by atoms with Crippen molar-refractivity contribution in [2.75, 3.05) is 7.11 Å². The fourth-order valence-electron chi connectivity index (χ4n) is 4.27. The van der Waals surface area contributed by atoms with Gasteiger partial charge in [0.15, 0.2) is 0 Å². The Labute approximate surface area is 190 Å². The number of likely N-dealkylation sites (tertiary alicyclic amines) is 1. The van der Waals surface area contributed by atoms with Gasteiger partial charge in [0.25, 0.3) is 11.7 Å². The van der Waals surface area contributed by atoms with E-state index in [4.69, 9.17) is 4.74 Å². The predicted molar refractivity (Wildman–Crippen MR) is 123 cm³/mol. The summed E-state index contributed by atoms with van der Waals surface area (Å²) in [5.41, 5.74) is 2.60. The van der Waals surface area contributed by atoms with Gasteiger partial charge < -0.3 is 19.7 Å². The predicted octanol–water partition coefficient (Wildman–Crippen LogP) is 4.19. The molecule has 1 aliphatic rings. The van der Waals surface area contributed by atoms with Gasteiger partial charge in [0, 0.05) is 35.4 Å². The molecule has 7 heteroatoms. The summed E-state index contributed by atoms with van der Waals surface area (Å²) >= 11 is 0. The molecule has 2 aromatic carbocycles. The fraction of sp³-hybridized carbons (Fsp3) is 0.115. The first-order chi connectivity index (χ1) is 16.1. The number of ether oxygens (including phenoxy) is 1. The minimum Gasteiger partial charge on any atom is -0.507 e. The number of carbonyl (C=O) groups excluding carboxylic acids is 2. The molecular weight excluding hydrogens is 418 g/mol. The van der Waals surface area contributed by atoms with E-state index in [-0.39, 0.29) is 17.9 Å². The van der Waals surface area contributed by atoms with Crippen molar-refractivity contribution in [3.05, 3.63) is 102 Å². The maximum Gasteiger partial charge on any atom is 0.296 e. The molecule has 1 aliphatic heterocycles. The third kappa shape index (κ3) is 3.53. The number of pyridine rings is 1. The first kappa shape index (κ1) is 20.5. The Morgan fingerprint density at radius 2 is 1.91 bits per heavy atom. The van der Waals surface area contributed by atoms with E-state index in [0.29, 0.717) is 17.0 Å². The van der Waals surface area contributed by atoms with Crippen LogP contribution in [0.5, 0.6) is 5.75 Å². The number of aliphatic hydroxyl groups excluding tert-OH is 1. The number of H-pyrrole nitrogens is 1. The Balaban J connectivity index is 1.66. The van der Waals surface area contributed by atoms with Crippen LogP contribution in [0.15, 0.2) is 84.7 Å². The number of rotatable bonds is 5. The van der Waals surface area contributed by atoms with E-state index in [1.807, 2.05) is 48.5 Å². The average Bonchev–Trinajstić information content (AvgIpc) is 3.39. The number of amides is 1. The number of aromatic amines is 1. The van der Waals surface area contributed by atoms with Crippen LogP contribution in [0.3, 0.4) is 0 Å².